The van der Waals surface area contributed by atoms with Gasteiger partial charge in [0.05, 0.1) is 15.1 Å². The Balaban J connectivity index is 2.63. The fraction of sp³-hybridized carbons (Fsp3) is 0. The highest BCUT2D eigenvalue weighted by Crippen LogP contribution is 2.45. The van der Waals surface area contributed by atoms with Gasteiger partial charge >= 0.3 is 0 Å². The summed E-state index contributed by atoms with van der Waals surface area (Å²) < 4.78 is 0.700. The molecule has 3 rings (SSSR count). The van der Waals surface area contributed by atoms with Crippen LogP contribution in [0.4, 0.5) is 0 Å². The standard InChI is InChI=1S/C10H3Cl3N2OS/c11-4-1-3-5-9(13)14-2-15-10(5)17-8(3)6(12)7(4)16/h1-2,16H. The molecule has 0 amide bonds. The van der Waals surface area contributed by atoms with Gasteiger partial charge in [0, 0.05) is 5.39 Å². The van der Waals surface area contributed by atoms with E-state index in [1.807, 2.05) is 0 Å². The normalized spacial score (nSPS) is 11.5. The molecule has 0 aliphatic heterocycles. The minimum Gasteiger partial charge on any atom is -0.505 e. The van der Waals surface area contributed by atoms with E-state index in [2.05, 4.69) is 9.97 Å². The van der Waals surface area contributed by atoms with E-state index in [0.29, 0.717) is 20.1 Å². The van der Waals surface area contributed by atoms with Crippen LogP contribution in [0.2, 0.25) is 15.2 Å². The lowest BCUT2D eigenvalue weighted by molar-refractivity contribution is 0.477. The Morgan fingerprint density at radius 3 is 2.71 bits per heavy atom. The van der Waals surface area contributed by atoms with Crippen LogP contribution in [-0.4, -0.2) is 15.1 Å². The van der Waals surface area contributed by atoms with Crippen molar-refractivity contribution >= 4 is 66.4 Å². The summed E-state index contributed by atoms with van der Waals surface area (Å²) in [6.07, 6.45) is 1.38. The largest absolute Gasteiger partial charge is 0.505 e. The number of aromatic nitrogens is 2. The molecule has 0 aliphatic carbocycles. The molecule has 0 saturated heterocycles. The predicted molar refractivity (Wildman–Crippen MR) is 71.6 cm³/mol. The molecule has 0 fully saturated rings. The van der Waals surface area contributed by atoms with Crippen LogP contribution in [0.1, 0.15) is 0 Å². The zero-order valence-electron chi connectivity index (χ0n) is 8.04. The molecule has 2 heterocycles. The molecule has 3 nitrogen and oxygen atoms in total. The molecule has 2 aromatic heterocycles. The molecule has 0 aliphatic rings. The van der Waals surface area contributed by atoms with Crippen LogP contribution in [0.5, 0.6) is 5.75 Å². The van der Waals surface area contributed by atoms with Crippen molar-refractivity contribution in [3.63, 3.8) is 0 Å². The maximum absolute atomic E-state index is 9.67. The van der Waals surface area contributed by atoms with Crippen molar-refractivity contribution in [3.05, 3.63) is 27.6 Å². The molecular formula is C10H3Cl3N2OS. The van der Waals surface area contributed by atoms with Crippen molar-refractivity contribution in [2.45, 2.75) is 0 Å². The average Bonchev–Trinajstić information content (AvgIpc) is 2.66. The third kappa shape index (κ3) is 1.56. The molecule has 7 heteroatoms. The van der Waals surface area contributed by atoms with E-state index in [1.165, 1.54) is 17.7 Å². The number of nitrogens with zero attached hydrogens (tertiary/aromatic N) is 2. The molecule has 1 aromatic carbocycles. The second-order valence-electron chi connectivity index (χ2n) is 3.34. The third-order valence-corrected chi connectivity index (χ3v) is 4.57. The van der Waals surface area contributed by atoms with Gasteiger partial charge in [-0.15, -0.1) is 11.3 Å². The van der Waals surface area contributed by atoms with Gasteiger partial charge in [-0.1, -0.05) is 34.8 Å². The number of halogens is 3. The quantitative estimate of drug-likeness (QED) is 0.622. The van der Waals surface area contributed by atoms with E-state index >= 15 is 0 Å². The molecule has 0 saturated carbocycles. The Bertz CT molecular complexity index is 756. The number of hydrogen-bond acceptors (Lipinski definition) is 4. The first-order valence-corrected chi connectivity index (χ1v) is 6.44. The summed E-state index contributed by atoms with van der Waals surface area (Å²) in [6, 6.07) is 1.62. The number of fused-ring (bicyclic) bond motifs is 3. The lowest BCUT2D eigenvalue weighted by Crippen LogP contribution is -1.79. The molecule has 0 unspecified atom stereocenters. The maximum atomic E-state index is 9.67. The van der Waals surface area contributed by atoms with Crippen LogP contribution >= 0.6 is 46.1 Å². The Morgan fingerprint density at radius 1 is 1.18 bits per heavy atom. The number of rotatable bonds is 0. The van der Waals surface area contributed by atoms with Crippen LogP contribution in [0.25, 0.3) is 20.3 Å². The first-order valence-electron chi connectivity index (χ1n) is 4.49. The molecule has 1 N–H and O–H groups in total. The van der Waals surface area contributed by atoms with Gasteiger partial charge in [-0.3, -0.25) is 0 Å². The molecule has 0 radical (unpaired) electrons. The van der Waals surface area contributed by atoms with Gasteiger partial charge in [0.1, 0.15) is 21.3 Å². The number of hydrogen-bond donors (Lipinski definition) is 1. The minimum absolute atomic E-state index is 0.128. The van der Waals surface area contributed by atoms with E-state index < -0.39 is 0 Å². The van der Waals surface area contributed by atoms with Crippen molar-refractivity contribution in [3.8, 4) is 5.75 Å². The summed E-state index contributed by atoms with van der Waals surface area (Å²) in [4.78, 5) is 8.75. The van der Waals surface area contributed by atoms with Crippen molar-refractivity contribution < 1.29 is 5.11 Å². The summed E-state index contributed by atoms with van der Waals surface area (Å²) >= 11 is 19.3. The average molecular weight is 306 g/mol. The van der Waals surface area contributed by atoms with Gasteiger partial charge in [-0.2, -0.15) is 0 Å². The van der Waals surface area contributed by atoms with Crippen molar-refractivity contribution in [2.75, 3.05) is 0 Å². The van der Waals surface area contributed by atoms with Gasteiger partial charge in [-0.25, -0.2) is 9.97 Å². The Kier molecular flexibility index (Phi) is 2.56. The van der Waals surface area contributed by atoms with E-state index in [0.717, 1.165) is 5.39 Å². The van der Waals surface area contributed by atoms with Gasteiger partial charge < -0.3 is 5.11 Å². The molecule has 0 bridgehead atoms. The highest BCUT2D eigenvalue weighted by Gasteiger charge is 2.17. The first-order chi connectivity index (χ1) is 8.09. The molecule has 17 heavy (non-hydrogen) atoms. The summed E-state index contributed by atoms with van der Waals surface area (Å²) in [5.74, 6) is -0.128. The first kappa shape index (κ1) is 11.3. The van der Waals surface area contributed by atoms with Crippen LogP contribution in [0.3, 0.4) is 0 Å². The highest BCUT2D eigenvalue weighted by molar-refractivity contribution is 7.26. The lowest BCUT2D eigenvalue weighted by atomic mass is 10.2. The fourth-order valence-electron chi connectivity index (χ4n) is 1.63. The van der Waals surface area contributed by atoms with E-state index in [1.54, 1.807) is 6.07 Å². The summed E-state index contributed by atoms with van der Waals surface area (Å²) in [5.41, 5.74) is 0. The van der Waals surface area contributed by atoms with Crippen molar-refractivity contribution in [2.24, 2.45) is 0 Å². The van der Waals surface area contributed by atoms with Crippen LogP contribution in [0, 0.1) is 0 Å². The monoisotopic (exact) mass is 304 g/mol. The molecule has 0 spiro atoms. The van der Waals surface area contributed by atoms with E-state index in [9.17, 15) is 5.11 Å². The Hall–Kier alpha value is -0.810. The SMILES string of the molecule is Oc1c(Cl)cc2c(sc3ncnc(Cl)c32)c1Cl. The van der Waals surface area contributed by atoms with E-state index in [-0.39, 0.29) is 15.8 Å². The Labute approximate surface area is 115 Å². The number of benzene rings is 1. The smallest absolute Gasteiger partial charge is 0.154 e. The van der Waals surface area contributed by atoms with Gasteiger partial charge in [0.15, 0.2) is 5.75 Å². The number of aromatic hydroxyl groups is 1. The van der Waals surface area contributed by atoms with Crippen LogP contribution in [-0.2, 0) is 0 Å². The second-order valence-corrected chi connectivity index (χ2v) is 5.49. The van der Waals surface area contributed by atoms with Crippen LogP contribution in [0.15, 0.2) is 12.4 Å². The third-order valence-electron chi connectivity index (χ3n) is 2.38. The van der Waals surface area contributed by atoms with Crippen molar-refractivity contribution in [1.29, 1.82) is 0 Å². The van der Waals surface area contributed by atoms with Gasteiger partial charge in [0.2, 0.25) is 0 Å². The summed E-state index contributed by atoms with van der Waals surface area (Å²) in [5, 5.41) is 11.9. The highest BCUT2D eigenvalue weighted by atomic mass is 35.5. The minimum atomic E-state index is -0.128. The van der Waals surface area contributed by atoms with Crippen LogP contribution < -0.4 is 0 Å². The summed E-state index contributed by atoms with van der Waals surface area (Å²) in [6.45, 7) is 0. The second kappa shape index (κ2) is 3.85. The number of phenols is 1. The number of thiophene rings is 1. The molecule has 0 atom stereocenters. The summed E-state index contributed by atoms with van der Waals surface area (Å²) in [7, 11) is 0. The predicted octanol–water partition coefficient (Wildman–Crippen LogP) is 4.51. The molecule has 3 aromatic rings. The van der Waals surface area contributed by atoms with Gasteiger partial charge in [0.25, 0.3) is 0 Å². The van der Waals surface area contributed by atoms with E-state index in [4.69, 9.17) is 34.8 Å². The molecule has 86 valence electrons. The number of phenolic OH excluding ortho intramolecular Hbond substituents is 1. The zero-order chi connectivity index (χ0) is 12.2. The van der Waals surface area contributed by atoms with Gasteiger partial charge in [-0.05, 0) is 6.07 Å². The fourth-order valence-corrected chi connectivity index (χ4v) is 3.55. The zero-order valence-corrected chi connectivity index (χ0v) is 11.1. The maximum Gasteiger partial charge on any atom is 0.154 e. The Morgan fingerprint density at radius 2 is 1.94 bits per heavy atom. The lowest BCUT2D eigenvalue weighted by Gasteiger charge is -2.00. The topological polar surface area (TPSA) is 46.0 Å². The molecular weight excluding hydrogens is 303 g/mol. The van der Waals surface area contributed by atoms with Crippen molar-refractivity contribution in [1.82, 2.24) is 9.97 Å².